The molecule has 7 atom stereocenters. The Labute approximate surface area is 353 Å². The normalized spacial score (nSPS) is 20.8. The number of nitrogens with one attached hydrogen (secondary N) is 5. The maximum atomic E-state index is 13.9. The Hall–Kier alpha value is -5.29. The van der Waals surface area contributed by atoms with Gasteiger partial charge >= 0.3 is 0 Å². The second-order valence-corrected chi connectivity index (χ2v) is 15.7. The number of carbonyl (C=O) groups is 9. The Kier molecular flexibility index (Phi) is 18.1. The molecular formula is C37H59N13O9S. The highest BCUT2D eigenvalue weighted by molar-refractivity contribution is 7.80. The average Bonchev–Trinajstić information content (AvgIpc) is 4.07. The van der Waals surface area contributed by atoms with Gasteiger partial charge in [0.15, 0.2) is 0 Å². The summed E-state index contributed by atoms with van der Waals surface area (Å²) in [5.74, 6) is -5.70. The van der Waals surface area contributed by atoms with Crippen molar-refractivity contribution in [1.82, 2.24) is 45.9 Å². The number of likely N-dealkylation sites (tertiary alicyclic amines) is 3. The van der Waals surface area contributed by atoms with Crippen molar-refractivity contribution in [2.24, 2.45) is 22.9 Å². The summed E-state index contributed by atoms with van der Waals surface area (Å²) >= 11 is 4.21. The lowest BCUT2D eigenvalue weighted by Crippen LogP contribution is -2.58. The monoisotopic (exact) mass is 861 g/mol. The van der Waals surface area contributed by atoms with Crippen molar-refractivity contribution in [2.45, 2.75) is 119 Å². The summed E-state index contributed by atoms with van der Waals surface area (Å²) in [6.45, 7) is 0.591. The second-order valence-electron chi connectivity index (χ2n) is 15.3. The number of nitrogens with two attached hydrogens (primary N) is 4. The minimum absolute atomic E-state index is 0.100. The predicted molar refractivity (Wildman–Crippen MR) is 218 cm³/mol. The zero-order valence-electron chi connectivity index (χ0n) is 33.6. The number of primary amides is 2. The maximum absolute atomic E-state index is 13.9. The van der Waals surface area contributed by atoms with E-state index in [9.17, 15) is 43.2 Å². The molecule has 0 bridgehead atoms. The fraction of sp³-hybridized carbons (Fsp3) is 0.676. The predicted octanol–water partition coefficient (Wildman–Crippen LogP) is -4.37. The number of aromatic nitrogens is 2. The van der Waals surface area contributed by atoms with Gasteiger partial charge in [-0.15, -0.1) is 0 Å². The van der Waals surface area contributed by atoms with E-state index >= 15 is 0 Å². The van der Waals surface area contributed by atoms with Crippen LogP contribution in [0, 0.1) is 0 Å². The molecule has 1 aromatic rings. The number of rotatable bonds is 22. The van der Waals surface area contributed by atoms with Gasteiger partial charge in [-0.25, -0.2) is 4.98 Å². The number of carbonyl (C=O) groups excluding carboxylic acids is 9. The van der Waals surface area contributed by atoms with E-state index in [1.807, 2.05) is 0 Å². The van der Waals surface area contributed by atoms with Gasteiger partial charge in [-0.3, -0.25) is 43.2 Å². The molecule has 332 valence electrons. The van der Waals surface area contributed by atoms with Crippen LogP contribution in [-0.2, 0) is 49.6 Å². The van der Waals surface area contributed by atoms with E-state index in [1.165, 1.54) is 21.0 Å². The molecule has 22 nitrogen and oxygen atoms in total. The van der Waals surface area contributed by atoms with Crippen LogP contribution in [0.15, 0.2) is 12.5 Å². The number of imidazole rings is 1. The molecule has 4 heterocycles. The third-order valence-corrected chi connectivity index (χ3v) is 11.4. The molecule has 1 aromatic heterocycles. The number of hydrogen-bond donors (Lipinski definition) is 10. The second kappa shape index (κ2) is 22.9. The van der Waals surface area contributed by atoms with Gasteiger partial charge in [0.05, 0.1) is 18.9 Å². The van der Waals surface area contributed by atoms with E-state index in [4.69, 9.17) is 22.9 Å². The van der Waals surface area contributed by atoms with Gasteiger partial charge < -0.3 is 63.9 Å². The summed E-state index contributed by atoms with van der Waals surface area (Å²) < 4.78 is 0. The number of hydrogen-bond acceptors (Lipinski definition) is 13. The summed E-state index contributed by atoms with van der Waals surface area (Å²) in [4.78, 5) is 129. The van der Waals surface area contributed by atoms with Crippen molar-refractivity contribution in [3.8, 4) is 0 Å². The van der Waals surface area contributed by atoms with Gasteiger partial charge in [-0.1, -0.05) is 0 Å². The van der Waals surface area contributed by atoms with Crippen LogP contribution in [-0.4, -0.2) is 159 Å². The lowest BCUT2D eigenvalue weighted by atomic mass is 10.1. The molecule has 4 rings (SSSR count). The standard InChI is InChI=1S/C37H59N13O9S/c38-12-2-1-6-23(31(41)53)45-33(55)25(19-60)47-35(57)27-8-4-15-50(27)37(59)28-9-5-13-48(28)30(52)18-43-32(54)24(10-11-29(40)51)46-34(56)26-7-3-14-49(26)36(58)22(39)16-21-17-42-20-44-21/h17,20,22-28,60H,1-16,18-19,38-39H2,(H2,40,51)(H2,41,53)(H,42,44)(H,43,54)(H,45,55)(H,46,56)(H,47,57)/t22-,23-,24-,25-,26-,27-,28-/m0/s1. The van der Waals surface area contributed by atoms with Gasteiger partial charge in [0.2, 0.25) is 53.2 Å². The fourth-order valence-corrected chi connectivity index (χ4v) is 8.03. The lowest BCUT2D eigenvalue weighted by Gasteiger charge is -2.32. The molecule has 9 amide bonds. The Morgan fingerprint density at radius 1 is 0.783 bits per heavy atom. The number of nitrogens with zero attached hydrogens (tertiary/aromatic N) is 4. The first-order valence-electron chi connectivity index (χ1n) is 20.4. The van der Waals surface area contributed by atoms with Crippen LogP contribution in [0.4, 0.5) is 0 Å². The largest absolute Gasteiger partial charge is 0.370 e. The smallest absolute Gasteiger partial charge is 0.246 e. The first kappa shape index (κ1) is 47.4. The molecule has 0 aliphatic carbocycles. The third-order valence-electron chi connectivity index (χ3n) is 11.0. The summed E-state index contributed by atoms with van der Waals surface area (Å²) in [5.41, 5.74) is 23.1. The van der Waals surface area contributed by atoms with Crippen LogP contribution in [0.25, 0.3) is 0 Å². The van der Waals surface area contributed by atoms with E-state index in [-0.39, 0.29) is 51.1 Å². The topological polar surface area (TPSA) is 344 Å². The lowest BCUT2D eigenvalue weighted by molar-refractivity contribution is -0.147. The maximum Gasteiger partial charge on any atom is 0.246 e. The summed E-state index contributed by atoms with van der Waals surface area (Å²) in [6.07, 6.45) is 6.63. The van der Waals surface area contributed by atoms with E-state index in [0.29, 0.717) is 63.6 Å². The van der Waals surface area contributed by atoms with Crippen molar-refractivity contribution >= 4 is 65.8 Å². The first-order valence-corrected chi connectivity index (χ1v) is 21.0. The minimum atomic E-state index is -1.28. The molecular weight excluding hydrogens is 803 g/mol. The molecule has 0 aromatic carbocycles. The molecule has 3 saturated heterocycles. The average molecular weight is 862 g/mol. The first-order chi connectivity index (χ1) is 28.7. The van der Waals surface area contributed by atoms with Crippen molar-refractivity contribution in [2.75, 3.05) is 38.5 Å². The number of unbranched alkanes of at least 4 members (excludes halogenated alkanes) is 1. The van der Waals surface area contributed by atoms with Gasteiger partial charge in [0.25, 0.3) is 0 Å². The molecule has 13 N–H and O–H groups in total. The Morgan fingerprint density at radius 2 is 1.40 bits per heavy atom. The van der Waals surface area contributed by atoms with Gasteiger partial charge in [0.1, 0.15) is 36.3 Å². The highest BCUT2D eigenvalue weighted by Gasteiger charge is 2.43. The zero-order chi connectivity index (χ0) is 43.9. The van der Waals surface area contributed by atoms with Crippen LogP contribution in [0.2, 0.25) is 0 Å². The Bertz CT molecular complexity index is 1720. The van der Waals surface area contributed by atoms with E-state index in [2.05, 4.69) is 43.9 Å². The fourth-order valence-electron chi connectivity index (χ4n) is 7.78. The SMILES string of the molecule is NCCCC[C@H](NC(=O)[C@H](CS)NC(=O)[C@@H]1CCCN1C(=O)[C@@H]1CCCN1C(=O)CNC(=O)[C@H](CCC(N)=O)NC(=O)[C@@H]1CCCN1C(=O)[C@@H](N)Cc1cnc[nH]1)C(N)=O. The Morgan fingerprint density at radius 3 is 2.00 bits per heavy atom. The molecule has 0 radical (unpaired) electrons. The van der Waals surface area contributed by atoms with E-state index in [1.54, 1.807) is 6.20 Å². The number of aromatic amines is 1. The molecule has 0 spiro atoms. The zero-order valence-corrected chi connectivity index (χ0v) is 34.5. The summed E-state index contributed by atoms with van der Waals surface area (Å²) in [5, 5.41) is 10.3. The molecule has 3 aliphatic rings. The molecule has 60 heavy (non-hydrogen) atoms. The van der Waals surface area contributed by atoms with Gasteiger partial charge in [-0.2, -0.15) is 12.6 Å². The Balaban J connectivity index is 1.34. The molecule has 23 heteroatoms. The van der Waals surface area contributed by atoms with Crippen LogP contribution >= 0.6 is 12.6 Å². The van der Waals surface area contributed by atoms with Crippen molar-refractivity contribution in [1.29, 1.82) is 0 Å². The molecule has 0 saturated carbocycles. The van der Waals surface area contributed by atoms with Gasteiger partial charge in [-0.05, 0) is 70.8 Å². The van der Waals surface area contributed by atoms with Crippen LogP contribution in [0.1, 0.15) is 76.3 Å². The third kappa shape index (κ3) is 12.9. The minimum Gasteiger partial charge on any atom is -0.370 e. The van der Waals surface area contributed by atoms with E-state index in [0.717, 1.165) is 0 Å². The van der Waals surface area contributed by atoms with Crippen molar-refractivity contribution < 1.29 is 43.2 Å². The molecule has 0 unspecified atom stereocenters. The summed E-state index contributed by atoms with van der Waals surface area (Å²) in [6, 6.07) is -7.10. The number of amides is 9. The highest BCUT2D eigenvalue weighted by Crippen LogP contribution is 2.25. The van der Waals surface area contributed by atoms with E-state index < -0.39 is 102 Å². The van der Waals surface area contributed by atoms with Crippen molar-refractivity contribution in [3.05, 3.63) is 18.2 Å². The van der Waals surface area contributed by atoms with Crippen LogP contribution in [0.3, 0.4) is 0 Å². The van der Waals surface area contributed by atoms with Crippen LogP contribution in [0.5, 0.6) is 0 Å². The van der Waals surface area contributed by atoms with Crippen molar-refractivity contribution in [3.63, 3.8) is 0 Å². The molecule has 3 fully saturated rings. The number of thiol groups is 1. The highest BCUT2D eigenvalue weighted by atomic mass is 32.1. The molecule has 3 aliphatic heterocycles. The van der Waals surface area contributed by atoms with Gasteiger partial charge in [0, 0.05) is 50.1 Å². The summed E-state index contributed by atoms with van der Waals surface area (Å²) in [7, 11) is 0. The quantitative estimate of drug-likeness (QED) is 0.0391. The van der Waals surface area contributed by atoms with Crippen LogP contribution < -0.4 is 44.2 Å². The number of H-pyrrole nitrogens is 1.